The second-order valence-corrected chi connectivity index (χ2v) is 4.90. The van der Waals surface area contributed by atoms with Crippen LogP contribution in [0.4, 0.5) is 0 Å². The van der Waals surface area contributed by atoms with Crippen LogP contribution in [0.1, 0.15) is 16.1 Å². The number of benzene rings is 1. The molecule has 0 unspecified atom stereocenters. The van der Waals surface area contributed by atoms with Gasteiger partial charge in [-0.1, -0.05) is 6.07 Å². The Bertz CT molecular complexity index is 594. The summed E-state index contributed by atoms with van der Waals surface area (Å²) in [7, 11) is 3.49. The van der Waals surface area contributed by atoms with Gasteiger partial charge in [0.15, 0.2) is 5.69 Å². The molecule has 0 fully saturated rings. The van der Waals surface area contributed by atoms with E-state index in [2.05, 4.69) is 31.7 Å². The summed E-state index contributed by atoms with van der Waals surface area (Å²) < 4.78 is 2.62. The molecule has 0 aliphatic heterocycles. The largest absolute Gasteiger partial charge is 0.354 e. The fraction of sp³-hybridized carbons (Fsp3) is 0.231. The molecular formula is C13H15BrN4O. The third-order valence-corrected chi connectivity index (χ3v) is 3.32. The van der Waals surface area contributed by atoms with E-state index >= 15 is 0 Å². The molecule has 1 heterocycles. The highest BCUT2D eigenvalue weighted by Crippen LogP contribution is 2.22. The van der Waals surface area contributed by atoms with Gasteiger partial charge in [0.05, 0.1) is 5.69 Å². The highest BCUT2D eigenvalue weighted by molar-refractivity contribution is 9.10. The van der Waals surface area contributed by atoms with E-state index in [1.165, 1.54) is 5.56 Å². The first-order valence-electron chi connectivity index (χ1n) is 5.87. The van der Waals surface area contributed by atoms with Crippen LogP contribution in [0.15, 0.2) is 34.9 Å². The van der Waals surface area contributed by atoms with Gasteiger partial charge in [-0.05, 0) is 46.7 Å². The first-order chi connectivity index (χ1) is 9.15. The van der Waals surface area contributed by atoms with Gasteiger partial charge in [-0.25, -0.2) is 4.68 Å². The molecule has 0 radical (unpaired) electrons. The number of aromatic nitrogens is 2. The number of carbonyl (C=O) groups is 1. The smallest absolute Gasteiger partial charge is 0.271 e. The van der Waals surface area contributed by atoms with Gasteiger partial charge in [-0.3, -0.25) is 4.79 Å². The lowest BCUT2D eigenvalue weighted by atomic mass is 10.2. The van der Waals surface area contributed by atoms with Crippen LogP contribution in [0.25, 0.3) is 5.69 Å². The zero-order valence-electron chi connectivity index (χ0n) is 10.8. The molecule has 0 saturated carbocycles. The molecule has 2 N–H and O–H groups in total. The second kappa shape index (κ2) is 5.99. The van der Waals surface area contributed by atoms with Crippen molar-refractivity contribution in [2.75, 3.05) is 14.1 Å². The molecule has 6 heteroatoms. The van der Waals surface area contributed by atoms with Crippen LogP contribution >= 0.6 is 15.9 Å². The highest BCUT2D eigenvalue weighted by Gasteiger charge is 2.10. The highest BCUT2D eigenvalue weighted by atomic mass is 79.9. The summed E-state index contributed by atoms with van der Waals surface area (Å²) in [5, 5.41) is 9.90. The Morgan fingerprint density at radius 1 is 1.37 bits per heavy atom. The van der Waals surface area contributed by atoms with Crippen molar-refractivity contribution in [3.8, 4) is 5.69 Å². The van der Waals surface area contributed by atoms with Gasteiger partial charge in [0, 0.05) is 24.3 Å². The summed E-state index contributed by atoms with van der Waals surface area (Å²) in [6.07, 6.45) is 1.77. The molecule has 0 aliphatic rings. The van der Waals surface area contributed by atoms with Crippen molar-refractivity contribution in [3.63, 3.8) is 0 Å². The number of amides is 1. The molecule has 0 atom stereocenters. The summed E-state index contributed by atoms with van der Waals surface area (Å²) in [4.78, 5) is 11.5. The summed E-state index contributed by atoms with van der Waals surface area (Å²) in [6, 6.07) is 7.72. The predicted molar refractivity (Wildman–Crippen MR) is 77.4 cm³/mol. The van der Waals surface area contributed by atoms with Gasteiger partial charge in [-0.15, -0.1) is 0 Å². The summed E-state index contributed by atoms with van der Waals surface area (Å²) >= 11 is 3.53. The Balaban J connectivity index is 2.31. The maximum Gasteiger partial charge on any atom is 0.271 e. The molecule has 0 spiro atoms. The Labute approximate surface area is 120 Å². The van der Waals surface area contributed by atoms with Crippen LogP contribution in [-0.4, -0.2) is 29.8 Å². The van der Waals surface area contributed by atoms with Crippen molar-refractivity contribution in [1.29, 1.82) is 0 Å². The fourth-order valence-corrected chi connectivity index (χ4v) is 2.37. The molecule has 0 bridgehead atoms. The minimum absolute atomic E-state index is 0.193. The van der Waals surface area contributed by atoms with Crippen molar-refractivity contribution >= 4 is 21.8 Å². The number of hydrogen-bond acceptors (Lipinski definition) is 3. The topological polar surface area (TPSA) is 59.0 Å². The summed E-state index contributed by atoms with van der Waals surface area (Å²) in [5.41, 5.74) is 2.47. The Morgan fingerprint density at radius 2 is 2.16 bits per heavy atom. The molecule has 100 valence electrons. The maximum atomic E-state index is 11.5. The number of rotatable bonds is 4. The van der Waals surface area contributed by atoms with E-state index in [-0.39, 0.29) is 5.91 Å². The molecular weight excluding hydrogens is 308 g/mol. The molecule has 2 rings (SSSR count). The molecule has 1 amide bonds. The van der Waals surface area contributed by atoms with Gasteiger partial charge in [0.25, 0.3) is 5.91 Å². The molecule has 1 aromatic carbocycles. The fourth-order valence-electron chi connectivity index (χ4n) is 1.76. The second-order valence-electron chi connectivity index (χ2n) is 4.04. The normalized spacial score (nSPS) is 10.5. The molecule has 5 nitrogen and oxygen atoms in total. The van der Waals surface area contributed by atoms with Gasteiger partial charge >= 0.3 is 0 Å². The monoisotopic (exact) mass is 322 g/mol. The van der Waals surface area contributed by atoms with Crippen molar-refractivity contribution in [2.24, 2.45) is 0 Å². The van der Waals surface area contributed by atoms with Gasteiger partial charge in [0.2, 0.25) is 0 Å². The Kier molecular flexibility index (Phi) is 4.34. The molecule has 2 aromatic rings. The number of nitrogens with one attached hydrogen (secondary N) is 2. The number of halogens is 1. The number of hydrogen-bond donors (Lipinski definition) is 2. The van der Waals surface area contributed by atoms with Crippen LogP contribution in [0.2, 0.25) is 0 Å². The van der Waals surface area contributed by atoms with Crippen molar-refractivity contribution in [2.45, 2.75) is 6.54 Å². The third-order valence-electron chi connectivity index (χ3n) is 2.69. The first-order valence-corrected chi connectivity index (χ1v) is 6.66. The van der Waals surface area contributed by atoms with E-state index in [4.69, 9.17) is 0 Å². The van der Waals surface area contributed by atoms with Crippen molar-refractivity contribution < 1.29 is 4.79 Å². The van der Waals surface area contributed by atoms with E-state index in [9.17, 15) is 4.79 Å². The van der Waals surface area contributed by atoms with Crippen LogP contribution < -0.4 is 10.6 Å². The Morgan fingerprint density at radius 3 is 2.79 bits per heavy atom. The number of nitrogens with zero attached hydrogens (tertiary/aromatic N) is 2. The zero-order valence-corrected chi connectivity index (χ0v) is 12.4. The lowest BCUT2D eigenvalue weighted by molar-refractivity contribution is 0.0957. The SMILES string of the molecule is CNCc1ccc(-n2ccc(C(=O)NC)n2)c(Br)c1. The molecule has 0 saturated heterocycles. The average Bonchev–Trinajstić information content (AvgIpc) is 2.88. The van der Waals surface area contributed by atoms with Crippen molar-refractivity contribution in [3.05, 3.63) is 46.2 Å². The standard InChI is InChI=1S/C13H15BrN4O/c1-15-8-9-3-4-12(10(14)7-9)18-6-5-11(17-18)13(19)16-2/h3-7,15H,8H2,1-2H3,(H,16,19). The van der Waals surface area contributed by atoms with E-state index < -0.39 is 0 Å². The van der Waals surface area contributed by atoms with Crippen LogP contribution in [-0.2, 0) is 6.54 Å². The number of carbonyl (C=O) groups excluding carboxylic acids is 1. The summed E-state index contributed by atoms with van der Waals surface area (Å²) in [6.45, 7) is 0.807. The minimum atomic E-state index is -0.193. The quantitative estimate of drug-likeness (QED) is 0.901. The van der Waals surface area contributed by atoms with Gasteiger partial charge < -0.3 is 10.6 Å². The van der Waals surface area contributed by atoms with E-state index in [1.807, 2.05) is 25.2 Å². The van der Waals surface area contributed by atoms with E-state index in [1.54, 1.807) is 24.0 Å². The van der Waals surface area contributed by atoms with Gasteiger partial charge in [0.1, 0.15) is 0 Å². The lowest BCUT2D eigenvalue weighted by Crippen LogP contribution is -2.18. The summed E-state index contributed by atoms with van der Waals surface area (Å²) in [5.74, 6) is -0.193. The predicted octanol–water partition coefficient (Wildman–Crippen LogP) is 1.71. The van der Waals surface area contributed by atoms with Crippen LogP contribution in [0.3, 0.4) is 0 Å². The zero-order chi connectivity index (χ0) is 13.8. The average molecular weight is 323 g/mol. The molecule has 0 aliphatic carbocycles. The van der Waals surface area contributed by atoms with Crippen LogP contribution in [0.5, 0.6) is 0 Å². The molecule has 1 aromatic heterocycles. The maximum absolute atomic E-state index is 11.5. The lowest BCUT2D eigenvalue weighted by Gasteiger charge is -2.07. The van der Waals surface area contributed by atoms with Crippen LogP contribution in [0, 0.1) is 0 Å². The van der Waals surface area contributed by atoms with Crippen molar-refractivity contribution in [1.82, 2.24) is 20.4 Å². The minimum Gasteiger partial charge on any atom is -0.354 e. The first kappa shape index (κ1) is 13.8. The van der Waals surface area contributed by atoms with Gasteiger partial charge in [-0.2, -0.15) is 5.10 Å². The van der Waals surface area contributed by atoms with E-state index in [0.717, 1.165) is 16.7 Å². The van der Waals surface area contributed by atoms with E-state index in [0.29, 0.717) is 5.69 Å². The third kappa shape index (κ3) is 3.02. The Hall–Kier alpha value is -1.66. The molecule has 19 heavy (non-hydrogen) atoms.